The molecule has 1 saturated carbocycles. The van der Waals surface area contributed by atoms with E-state index in [1.165, 1.54) is 30.4 Å². The Bertz CT molecular complexity index is 512. The number of fused-ring (bicyclic) bond motifs is 1. The third kappa shape index (κ3) is 3.01. The smallest absolute Gasteiger partial charge is 0.161 e. The summed E-state index contributed by atoms with van der Waals surface area (Å²) in [5.41, 5.74) is 9.20. The predicted molar refractivity (Wildman–Crippen MR) is 83.9 cm³/mol. The van der Waals surface area contributed by atoms with Gasteiger partial charge in [-0.05, 0) is 55.4 Å². The molecule has 0 atom stereocenters. The number of nitrogens with zero attached hydrogens (tertiary/aromatic N) is 1. The van der Waals surface area contributed by atoms with Gasteiger partial charge in [-0.15, -0.1) is 0 Å². The van der Waals surface area contributed by atoms with Crippen LogP contribution >= 0.6 is 0 Å². The molecule has 1 aromatic rings. The average molecular weight is 290 g/mol. The number of nitrogens with two attached hydrogens (primary N) is 1. The van der Waals surface area contributed by atoms with Crippen LogP contribution in [0.25, 0.3) is 0 Å². The zero-order valence-electron chi connectivity index (χ0n) is 13.2. The van der Waals surface area contributed by atoms with Crippen molar-refractivity contribution in [3.63, 3.8) is 0 Å². The van der Waals surface area contributed by atoms with E-state index in [2.05, 4.69) is 17.0 Å². The Kier molecular flexibility index (Phi) is 4.09. The van der Waals surface area contributed by atoms with Crippen molar-refractivity contribution in [1.82, 2.24) is 4.90 Å². The van der Waals surface area contributed by atoms with E-state index < -0.39 is 0 Å². The Morgan fingerprint density at radius 3 is 2.38 bits per heavy atom. The van der Waals surface area contributed by atoms with Crippen LogP contribution in [0.3, 0.4) is 0 Å². The summed E-state index contributed by atoms with van der Waals surface area (Å²) in [7, 11) is 3.39. The molecule has 0 unspecified atom stereocenters. The first-order chi connectivity index (χ1) is 10.1. The van der Waals surface area contributed by atoms with Crippen molar-refractivity contribution in [2.45, 2.75) is 44.2 Å². The van der Waals surface area contributed by atoms with Gasteiger partial charge in [-0.2, -0.15) is 0 Å². The van der Waals surface area contributed by atoms with Gasteiger partial charge >= 0.3 is 0 Å². The van der Waals surface area contributed by atoms with Crippen LogP contribution in [0.1, 0.15) is 36.8 Å². The first kappa shape index (κ1) is 14.7. The summed E-state index contributed by atoms with van der Waals surface area (Å²) in [6.45, 7) is 3.20. The Morgan fingerprint density at radius 1 is 1.14 bits per heavy atom. The van der Waals surface area contributed by atoms with E-state index in [0.29, 0.717) is 0 Å². The molecule has 1 aliphatic heterocycles. The number of rotatable bonds is 5. The zero-order valence-corrected chi connectivity index (χ0v) is 13.2. The van der Waals surface area contributed by atoms with E-state index in [9.17, 15) is 0 Å². The standard InChI is InChI=1S/C17H26N2O2/c1-20-15-10-13-4-8-19(9-7-17(18)5-3-6-17)12-14(13)11-16(15)21-2/h10-11H,3-9,12,18H2,1-2H3. The van der Waals surface area contributed by atoms with E-state index >= 15 is 0 Å². The van der Waals surface area contributed by atoms with Gasteiger partial charge in [0.05, 0.1) is 14.2 Å². The topological polar surface area (TPSA) is 47.7 Å². The molecule has 0 radical (unpaired) electrons. The quantitative estimate of drug-likeness (QED) is 0.904. The minimum atomic E-state index is 0.123. The number of benzene rings is 1. The van der Waals surface area contributed by atoms with E-state index in [-0.39, 0.29) is 5.54 Å². The van der Waals surface area contributed by atoms with Gasteiger partial charge in [-0.3, -0.25) is 4.90 Å². The average Bonchev–Trinajstić information content (AvgIpc) is 2.49. The van der Waals surface area contributed by atoms with Gasteiger partial charge in [0.15, 0.2) is 11.5 Å². The van der Waals surface area contributed by atoms with Gasteiger partial charge in [0.2, 0.25) is 0 Å². The van der Waals surface area contributed by atoms with Gasteiger partial charge in [-0.25, -0.2) is 0 Å². The maximum absolute atomic E-state index is 6.33. The molecule has 3 rings (SSSR count). The third-order valence-electron chi connectivity index (χ3n) is 5.07. The molecule has 1 aromatic carbocycles. The highest BCUT2D eigenvalue weighted by Gasteiger charge is 2.32. The van der Waals surface area contributed by atoms with Crippen molar-refractivity contribution in [3.8, 4) is 11.5 Å². The molecule has 0 aromatic heterocycles. The molecule has 4 heteroatoms. The van der Waals surface area contributed by atoms with Crippen molar-refractivity contribution in [1.29, 1.82) is 0 Å². The van der Waals surface area contributed by atoms with Crippen molar-refractivity contribution in [3.05, 3.63) is 23.3 Å². The molecular weight excluding hydrogens is 264 g/mol. The van der Waals surface area contributed by atoms with Crippen molar-refractivity contribution < 1.29 is 9.47 Å². The second kappa shape index (κ2) is 5.85. The van der Waals surface area contributed by atoms with Crippen LogP contribution in [-0.2, 0) is 13.0 Å². The molecule has 116 valence electrons. The summed E-state index contributed by atoms with van der Waals surface area (Å²) in [5.74, 6) is 1.66. The molecule has 1 heterocycles. The fraction of sp³-hybridized carbons (Fsp3) is 0.647. The first-order valence-corrected chi connectivity index (χ1v) is 7.88. The summed E-state index contributed by atoms with van der Waals surface area (Å²) < 4.78 is 10.8. The molecule has 21 heavy (non-hydrogen) atoms. The Labute approximate surface area is 127 Å². The molecule has 4 nitrogen and oxygen atoms in total. The molecule has 2 N–H and O–H groups in total. The number of methoxy groups -OCH3 is 2. The maximum atomic E-state index is 6.33. The Morgan fingerprint density at radius 2 is 1.81 bits per heavy atom. The number of ether oxygens (including phenoxy) is 2. The lowest BCUT2D eigenvalue weighted by Gasteiger charge is -2.40. The minimum absolute atomic E-state index is 0.123. The molecule has 1 aliphatic carbocycles. The van der Waals surface area contributed by atoms with Crippen LogP contribution in [0.4, 0.5) is 0 Å². The number of hydrogen-bond acceptors (Lipinski definition) is 4. The largest absolute Gasteiger partial charge is 0.493 e. The summed E-state index contributed by atoms with van der Waals surface area (Å²) in [6.07, 6.45) is 5.89. The minimum Gasteiger partial charge on any atom is -0.493 e. The molecule has 0 saturated heterocycles. The highest BCUT2D eigenvalue weighted by molar-refractivity contribution is 5.48. The molecule has 2 aliphatic rings. The second-order valence-corrected chi connectivity index (χ2v) is 6.47. The zero-order chi connectivity index (χ0) is 14.9. The van der Waals surface area contributed by atoms with Gasteiger partial charge < -0.3 is 15.2 Å². The summed E-state index contributed by atoms with van der Waals surface area (Å²) in [5, 5.41) is 0. The van der Waals surface area contributed by atoms with Crippen molar-refractivity contribution >= 4 is 0 Å². The lowest BCUT2D eigenvalue weighted by Crippen LogP contribution is -2.49. The third-order valence-corrected chi connectivity index (χ3v) is 5.07. The lowest BCUT2D eigenvalue weighted by molar-refractivity contribution is 0.173. The van der Waals surface area contributed by atoms with Gasteiger partial charge in [-0.1, -0.05) is 0 Å². The molecule has 0 spiro atoms. The van der Waals surface area contributed by atoms with E-state index in [4.69, 9.17) is 15.2 Å². The van der Waals surface area contributed by atoms with Crippen molar-refractivity contribution in [2.75, 3.05) is 27.3 Å². The van der Waals surface area contributed by atoms with Crippen LogP contribution in [0, 0.1) is 0 Å². The van der Waals surface area contributed by atoms with Crippen LogP contribution in [0.5, 0.6) is 11.5 Å². The summed E-state index contributed by atoms with van der Waals surface area (Å²) in [6, 6.07) is 4.25. The number of hydrogen-bond donors (Lipinski definition) is 1. The molecule has 0 bridgehead atoms. The van der Waals surface area contributed by atoms with Crippen LogP contribution in [0.15, 0.2) is 12.1 Å². The van der Waals surface area contributed by atoms with E-state index in [1.54, 1.807) is 14.2 Å². The van der Waals surface area contributed by atoms with Crippen LogP contribution in [-0.4, -0.2) is 37.7 Å². The van der Waals surface area contributed by atoms with Gasteiger partial charge in [0.25, 0.3) is 0 Å². The lowest BCUT2D eigenvalue weighted by atomic mass is 9.75. The highest BCUT2D eigenvalue weighted by atomic mass is 16.5. The first-order valence-electron chi connectivity index (χ1n) is 7.88. The van der Waals surface area contributed by atoms with Gasteiger partial charge in [0.1, 0.15) is 0 Å². The molecule has 0 amide bonds. The van der Waals surface area contributed by atoms with Crippen molar-refractivity contribution in [2.24, 2.45) is 5.73 Å². The SMILES string of the molecule is COc1cc2c(cc1OC)CN(CCC1(N)CCC1)CC2. The maximum Gasteiger partial charge on any atom is 0.161 e. The fourth-order valence-corrected chi connectivity index (χ4v) is 3.39. The van der Waals surface area contributed by atoms with Gasteiger partial charge in [0, 0.05) is 25.2 Å². The highest BCUT2D eigenvalue weighted by Crippen LogP contribution is 2.35. The van der Waals surface area contributed by atoms with E-state index in [1.807, 2.05) is 0 Å². The molecule has 1 fully saturated rings. The molecular formula is C17H26N2O2. The van der Waals surface area contributed by atoms with Crippen LogP contribution < -0.4 is 15.2 Å². The normalized spacial score (nSPS) is 20.5. The monoisotopic (exact) mass is 290 g/mol. The summed E-state index contributed by atoms with van der Waals surface area (Å²) in [4.78, 5) is 2.52. The predicted octanol–water partition coefficient (Wildman–Crippen LogP) is 2.33. The Balaban J connectivity index is 1.66. The second-order valence-electron chi connectivity index (χ2n) is 6.47. The summed E-state index contributed by atoms with van der Waals surface area (Å²) >= 11 is 0. The fourth-order valence-electron chi connectivity index (χ4n) is 3.39. The Hall–Kier alpha value is -1.26. The van der Waals surface area contributed by atoms with Crippen LogP contribution in [0.2, 0.25) is 0 Å². The van der Waals surface area contributed by atoms with E-state index in [0.717, 1.165) is 44.0 Å².